The SMILES string of the molecule is CCOC(=O)CC1(C)NC(C)(C)C(C)(C)N1. The van der Waals surface area contributed by atoms with Gasteiger partial charge in [-0.25, -0.2) is 0 Å². The lowest BCUT2D eigenvalue weighted by Gasteiger charge is -2.33. The molecular formula is C12H24N2O2. The molecule has 1 aliphatic heterocycles. The number of rotatable bonds is 3. The summed E-state index contributed by atoms with van der Waals surface area (Å²) < 4.78 is 4.99. The van der Waals surface area contributed by atoms with Crippen molar-refractivity contribution in [3.8, 4) is 0 Å². The molecule has 4 nitrogen and oxygen atoms in total. The maximum absolute atomic E-state index is 11.5. The number of carbonyl (C=O) groups is 1. The van der Waals surface area contributed by atoms with E-state index in [1.165, 1.54) is 0 Å². The van der Waals surface area contributed by atoms with Crippen molar-refractivity contribution >= 4 is 5.97 Å². The highest BCUT2D eigenvalue weighted by atomic mass is 16.5. The van der Waals surface area contributed by atoms with Crippen molar-refractivity contribution in [2.45, 2.75) is 64.7 Å². The second kappa shape index (κ2) is 4.00. The van der Waals surface area contributed by atoms with E-state index in [1.807, 2.05) is 13.8 Å². The molecule has 0 aromatic heterocycles. The van der Waals surface area contributed by atoms with Crippen molar-refractivity contribution in [3.05, 3.63) is 0 Å². The summed E-state index contributed by atoms with van der Waals surface area (Å²) in [6.45, 7) is 12.8. The van der Waals surface area contributed by atoms with E-state index in [0.29, 0.717) is 13.0 Å². The van der Waals surface area contributed by atoms with E-state index >= 15 is 0 Å². The molecule has 0 atom stereocenters. The summed E-state index contributed by atoms with van der Waals surface area (Å²) in [5.74, 6) is -0.168. The molecule has 1 heterocycles. The van der Waals surface area contributed by atoms with Gasteiger partial charge in [0.25, 0.3) is 0 Å². The van der Waals surface area contributed by atoms with E-state index in [1.54, 1.807) is 0 Å². The normalized spacial score (nSPS) is 25.4. The molecule has 2 N–H and O–H groups in total. The van der Waals surface area contributed by atoms with E-state index < -0.39 is 0 Å². The zero-order valence-electron chi connectivity index (χ0n) is 11.2. The van der Waals surface area contributed by atoms with Crippen LogP contribution in [0.3, 0.4) is 0 Å². The Labute approximate surface area is 98.1 Å². The molecule has 1 fully saturated rings. The number of carbonyl (C=O) groups excluding carboxylic acids is 1. The first kappa shape index (κ1) is 13.5. The first-order valence-corrected chi connectivity index (χ1v) is 5.86. The summed E-state index contributed by atoms with van der Waals surface area (Å²) in [6.07, 6.45) is 0.341. The van der Waals surface area contributed by atoms with Crippen LogP contribution in [0.15, 0.2) is 0 Å². The topological polar surface area (TPSA) is 50.4 Å². The molecule has 94 valence electrons. The number of ether oxygens (including phenoxy) is 1. The largest absolute Gasteiger partial charge is 0.466 e. The van der Waals surface area contributed by atoms with Crippen molar-refractivity contribution in [2.75, 3.05) is 6.61 Å². The van der Waals surface area contributed by atoms with Crippen LogP contribution in [0.1, 0.15) is 48.0 Å². The van der Waals surface area contributed by atoms with Gasteiger partial charge >= 0.3 is 5.97 Å². The zero-order valence-corrected chi connectivity index (χ0v) is 11.2. The fourth-order valence-electron chi connectivity index (χ4n) is 2.31. The lowest BCUT2D eigenvalue weighted by atomic mass is 9.85. The standard InChI is InChI=1S/C12H24N2O2/c1-7-16-9(15)8-12(6)13-10(2,3)11(4,5)14-12/h13-14H,7-8H2,1-6H3. The molecule has 0 radical (unpaired) electrons. The number of hydrogen-bond donors (Lipinski definition) is 2. The van der Waals surface area contributed by atoms with Crippen molar-refractivity contribution in [2.24, 2.45) is 0 Å². The quantitative estimate of drug-likeness (QED) is 0.717. The predicted octanol–water partition coefficient (Wildman–Crippen LogP) is 1.41. The van der Waals surface area contributed by atoms with Gasteiger partial charge in [-0.2, -0.15) is 0 Å². The van der Waals surface area contributed by atoms with Crippen molar-refractivity contribution < 1.29 is 9.53 Å². The minimum Gasteiger partial charge on any atom is -0.466 e. The lowest BCUT2D eigenvalue weighted by molar-refractivity contribution is -0.144. The monoisotopic (exact) mass is 228 g/mol. The Kier molecular flexibility index (Phi) is 3.37. The van der Waals surface area contributed by atoms with Crippen LogP contribution in [-0.2, 0) is 9.53 Å². The number of hydrogen-bond acceptors (Lipinski definition) is 4. The number of esters is 1. The average Bonchev–Trinajstić information content (AvgIpc) is 2.14. The van der Waals surface area contributed by atoms with E-state index in [0.717, 1.165) is 0 Å². The summed E-state index contributed by atoms with van der Waals surface area (Å²) in [5, 5.41) is 6.95. The van der Waals surface area contributed by atoms with Crippen molar-refractivity contribution in [3.63, 3.8) is 0 Å². The van der Waals surface area contributed by atoms with E-state index in [4.69, 9.17) is 4.74 Å². The van der Waals surface area contributed by atoms with Crippen LogP contribution in [0.25, 0.3) is 0 Å². The summed E-state index contributed by atoms with van der Waals surface area (Å²) in [5.41, 5.74) is -0.512. The third-order valence-corrected chi connectivity index (χ3v) is 3.54. The molecule has 0 aromatic rings. The molecule has 0 amide bonds. The van der Waals surface area contributed by atoms with Gasteiger partial charge in [0.15, 0.2) is 0 Å². The molecule has 0 unspecified atom stereocenters. The van der Waals surface area contributed by atoms with Gasteiger partial charge in [-0.15, -0.1) is 0 Å². The van der Waals surface area contributed by atoms with Gasteiger partial charge in [-0.05, 0) is 41.5 Å². The third kappa shape index (κ3) is 2.55. The second-order valence-electron chi connectivity index (χ2n) is 5.81. The predicted molar refractivity (Wildman–Crippen MR) is 64.1 cm³/mol. The van der Waals surface area contributed by atoms with Gasteiger partial charge in [0, 0.05) is 11.1 Å². The fraction of sp³-hybridized carbons (Fsp3) is 0.917. The molecule has 0 spiro atoms. The molecule has 0 bridgehead atoms. The van der Waals surface area contributed by atoms with Crippen molar-refractivity contribution in [1.82, 2.24) is 10.6 Å². The highest BCUT2D eigenvalue weighted by Gasteiger charge is 2.51. The second-order valence-corrected chi connectivity index (χ2v) is 5.81. The van der Waals surface area contributed by atoms with Crippen LogP contribution in [0.5, 0.6) is 0 Å². The summed E-state index contributed by atoms with van der Waals surface area (Å²) >= 11 is 0. The highest BCUT2D eigenvalue weighted by molar-refractivity contribution is 5.71. The van der Waals surface area contributed by atoms with E-state index in [9.17, 15) is 4.79 Å². The van der Waals surface area contributed by atoms with Crippen LogP contribution < -0.4 is 10.6 Å². The Bertz CT molecular complexity index is 269. The molecule has 0 saturated carbocycles. The van der Waals surface area contributed by atoms with E-state index in [2.05, 4.69) is 38.3 Å². The van der Waals surface area contributed by atoms with Crippen LogP contribution >= 0.6 is 0 Å². The van der Waals surface area contributed by atoms with Gasteiger partial charge in [-0.3, -0.25) is 15.4 Å². The fourth-order valence-corrected chi connectivity index (χ4v) is 2.31. The van der Waals surface area contributed by atoms with E-state index in [-0.39, 0.29) is 22.7 Å². The summed E-state index contributed by atoms with van der Waals surface area (Å²) in [4.78, 5) is 11.5. The molecule has 16 heavy (non-hydrogen) atoms. The van der Waals surface area contributed by atoms with Crippen LogP contribution in [0.2, 0.25) is 0 Å². The van der Waals surface area contributed by atoms with Gasteiger partial charge < -0.3 is 4.74 Å². The van der Waals surface area contributed by atoms with Gasteiger partial charge in [0.2, 0.25) is 0 Å². The molecule has 1 aliphatic rings. The smallest absolute Gasteiger partial charge is 0.309 e. The molecule has 0 aromatic carbocycles. The Balaban J connectivity index is 2.72. The third-order valence-electron chi connectivity index (χ3n) is 3.54. The molecule has 1 saturated heterocycles. The van der Waals surface area contributed by atoms with Crippen molar-refractivity contribution in [1.29, 1.82) is 0 Å². The number of nitrogens with one attached hydrogen (secondary N) is 2. The van der Waals surface area contributed by atoms with Gasteiger partial charge in [0.05, 0.1) is 18.7 Å². The minimum atomic E-state index is -0.390. The Morgan fingerprint density at radius 1 is 1.06 bits per heavy atom. The molecule has 0 aliphatic carbocycles. The summed E-state index contributed by atoms with van der Waals surface area (Å²) in [6, 6.07) is 0. The Morgan fingerprint density at radius 3 is 1.88 bits per heavy atom. The zero-order chi connectivity index (χ0) is 12.6. The first-order valence-electron chi connectivity index (χ1n) is 5.86. The molecule has 4 heteroatoms. The maximum Gasteiger partial charge on any atom is 0.309 e. The highest BCUT2D eigenvalue weighted by Crippen LogP contribution is 2.33. The van der Waals surface area contributed by atoms with Gasteiger partial charge in [0.1, 0.15) is 0 Å². The van der Waals surface area contributed by atoms with Gasteiger partial charge in [-0.1, -0.05) is 0 Å². The molecular weight excluding hydrogens is 204 g/mol. The van der Waals surface area contributed by atoms with Crippen LogP contribution in [0.4, 0.5) is 0 Å². The molecule has 1 rings (SSSR count). The summed E-state index contributed by atoms with van der Waals surface area (Å²) in [7, 11) is 0. The first-order chi connectivity index (χ1) is 7.12. The minimum absolute atomic E-state index is 0.0613. The van der Waals surface area contributed by atoms with Crippen LogP contribution in [0, 0.1) is 0 Å². The Hall–Kier alpha value is -0.610. The average molecular weight is 228 g/mol. The van der Waals surface area contributed by atoms with Crippen LogP contribution in [-0.4, -0.2) is 29.3 Å². The lowest BCUT2D eigenvalue weighted by Crippen LogP contribution is -2.51. The maximum atomic E-state index is 11.5. The Morgan fingerprint density at radius 2 is 1.50 bits per heavy atom.